The Kier molecular flexibility index (Phi) is 7.14. The van der Waals surface area contributed by atoms with Gasteiger partial charge in [0.1, 0.15) is 5.76 Å². The Morgan fingerprint density at radius 2 is 1.77 bits per heavy atom. The van der Waals surface area contributed by atoms with Crippen molar-refractivity contribution in [1.82, 2.24) is 10.2 Å². The summed E-state index contributed by atoms with van der Waals surface area (Å²) in [7, 11) is 5.01. The Balaban J connectivity index is 1.68. The first-order chi connectivity index (χ1) is 14.5. The number of hydrogen-bond donors (Lipinski definition) is 1. The van der Waals surface area contributed by atoms with Crippen molar-refractivity contribution in [2.45, 2.75) is 19.5 Å². The quantitative estimate of drug-likeness (QED) is 0.581. The number of nitrogens with zero attached hydrogens (tertiary/aromatic N) is 1. The largest absolute Gasteiger partial charge is 0.493 e. The van der Waals surface area contributed by atoms with E-state index < -0.39 is 0 Å². The lowest BCUT2D eigenvalue weighted by Gasteiger charge is -2.22. The molecule has 0 spiro atoms. The molecule has 6 nitrogen and oxygen atoms in total. The van der Waals surface area contributed by atoms with E-state index in [4.69, 9.17) is 13.9 Å². The van der Waals surface area contributed by atoms with Gasteiger partial charge in [0.05, 0.1) is 33.1 Å². The number of methoxy groups -OCH3 is 2. The lowest BCUT2D eigenvalue weighted by Crippen LogP contribution is -2.37. The number of ether oxygens (including phenoxy) is 2. The van der Waals surface area contributed by atoms with Crippen LogP contribution in [0.2, 0.25) is 0 Å². The number of carbonyl (C=O) groups is 1. The number of furan rings is 1. The normalized spacial score (nSPS) is 11.7. The van der Waals surface area contributed by atoms with Crippen molar-refractivity contribution in [3.05, 3.63) is 83.3 Å². The smallest absolute Gasteiger partial charge is 0.236 e. The van der Waals surface area contributed by atoms with Crippen LogP contribution in [-0.2, 0) is 11.3 Å². The maximum absolute atomic E-state index is 12.8. The predicted molar refractivity (Wildman–Crippen MR) is 116 cm³/mol. The van der Waals surface area contributed by atoms with Crippen LogP contribution in [0.25, 0.3) is 0 Å². The zero-order valence-corrected chi connectivity index (χ0v) is 17.8. The first-order valence-corrected chi connectivity index (χ1v) is 9.80. The Labute approximate surface area is 177 Å². The summed E-state index contributed by atoms with van der Waals surface area (Å²) in [4.78, 5) is 14.5. The number of amides is 1. The van der Waals surface area contributed by atoms with Crippen molar-refractivity contribution in [3.63, 3.8) is 0 Å². The summed E-state index contributed by atoms with van der Waals surface area (Å²) in [5.74, 6) is 2.08. The summed E-state index contributed by atoms with van der Waals surface area (Å²) >= 11 is 0. The first-order valence-electron chi connectivity index (χ1n) is 9.80. The molecule has 1 amide bonds. The molecule has 1 atom stereocenters. The van der Waals surface area contributed by atoms with Gasteiger partial charge >= 0.3 is 0 Å². The Hall–Kier alpha value is -3.25. The zero-order valence-electron chi connectivity index (χ0n) is 17.8. The van der Waals surface area contributed by atoms with E-state index in [9.17, 15) is 4.79 Å². The van der Waals surface area contributed by atoms with Crippen LogP contribution >= 0.6 is 0 Å². The second-order valence-electron chi connectivity index (χ2n) is 7.12. The van der Waals surface area contributed by atoms with Crippen LogP contribution in [0.5, 0.6) is 11.5 Å². The molecule has 0 saturated heterocycles. The average Bonchev–Trinajstić information content (AvgIpc) is 3.30. The molecule has 0 radical (unpaired) electrons. The van der Waals surface area contributed by atoms with E-state index in [0.29, 0.717) is 18.0 Å². The maximum Gasteiger partial charge on any atom is 0.236 e. The summed E-state index contributed by atoms with van der Waals surface area (Å²) < 4.78 is 16.3. The molecule has 3 aromatic rings. The summed E-state index contributed by atoms with van der Waals surface area (Å²) in [5.41, 5.74) is 3.09. The molecule has 30 heavy (non-hydrogen) atoms. The lowest BCUT2D eigenvalue weighted by molar-refractivity contribution is -0.129. The number of hydrogen-bond acceptors (Lipinski definition) is 5. The average molecular weight is 408 g/mol. The molecule has 158 valence electrons. The lowest BCUT2D eigenvalue weighted by atomic mass is 10.0. The van der Waals surface area contributed by atoms with E-state index in [1.54, 1.807) is 32.4 Å². The van der Waals surface area contributed by atoms with E-state index in [1.807, 2.05) is 61.5 Å². The van der Waals surface area contributed by atoms with Crippen molar-refractivity contribution >= 4 is 5.91 Å². The zero-order chi connectivity index (χ0) is 21.5. The second-order valence-corrected chi connectivity index (χ2v) is 7.12. The third-order valence-electron chi connectivity index (χ3n) is 5.09. The molecule has 0 unspecified atom stereocenters. The highest BCUT2D eigenvalue weighted by atomic mass is 16.5. The van der Waals surface area contributed by atoms with Crippen molar-refractivity contribution in [3.8, 4) is 11.5 Å². The van der Waals surface area contributed by atoms with Gasteiger partial charge in [0.25, 0.3) is 0 Å². The van der Waals surface area contributed by atoms with Crippen molar-refractivity contribution in [2.24, 2.45) is 0 Å². The SMILES string of the molecule is COc1cc(C)c(CN(C)C(=O)CN[C@H](c2ccccc2)c2ccco2)cc1OC. The van der Waals surface area contributed by atoms with Gasteiger partial charge in [0.2, 0.25) is 5.91 Å². The van der Waals surface area contributed by atoms with Gasteiger partial charge in [-0.15, -0.1) is 0 Å². The van der Waals surface area contributed by atoms with Crippen LogP contribution in [0.15, 0.2) is 65.3 Å². The molecule has 0 bridgehead atoms. The van der Waals surface area contributed by atoms with Gasteiger partial charge in [-0.25, -0.2) is 0 Å². The number of aryl methyl sites for hydroxylation is 1. The second kappa shape index (κ2) is 9.98. The van der Waals surface area contributed by atoms with E-state index in [0.717, 1.165) is 22.5 Å². The van der Waals surface area contributed by atoms with Crippen LogP contribution in [0, 0.1) is 6.92 Å². The highest BCUT2D eigenvalue weighted by molar-refractivity contribution is 5.78. The molecular formula is C24H28N2O4. The van der Waals surface area contributed by atoms with Crippen molar-refractivity contribution in [2.75, 3.05) is 27.8 Å². The van der Waals surface area contributed by atoms with Gasteiger partial charge in [0, 0.05) is 13.6 Å². The highest BCUT2D eigenvalue weighted by Crippen LogP contribution is 2.30. The van der Waals surface area contributed by atoms with Crippen LogP contribution in [0.1, 0.15) is 28.5 Å². The summed E-state index contributed by atoms with van der Waals surface area (Å²) in [6.45, 7) is 2.66. The van der Waals surface area contributed by atoms with Crippen molar-refractivity contribution in [1.29, 1.82) is 0 Å². The fourth-order valence-electron chi connectivity index (χ4n) is 3.34. The number of carbonyl (C=O) groups excluding carboxylic acids is 1. The minimum absolute atomic E-state index is 0.0170. The molecule has 0 aliphatic rings. The Bertz CT molecular complexity index is 955. The molecule has 0 fully saturated rings. The molecule has 1 heterocycles. The topological polar surface area (TPSA) is 63.9 Å². The summed E-state index contributed by atoms with van der Waals surface area (Å²) in [5, 5.41) is 3.33. The van der Waals surface area contributed by atoms with Crippen LogP contribution in [0.4, 0.5) is 0 Å². The van der Waals surface area contributed by atoms with Gasteiger partial charge in [-0.1, -0.05) is 30.3 Å². The van der Waals surface area contributed by atoms with E-state index in [1.165, 1.54) is 0 Å². The fraction of sp³-hybridized carbons (Fsp3) is 0.292. The molecule has 0 aliphatic heterocycles. The molecule has 6 heteroatoms. The van der Waals surface area contributed by atoms with Gasteiger partial charge in [-0.2, -0.15) is 0 Å². The van der Waals surface area contributed by atoms with Crippen molar-refractivity contribution < 1.29 is 18.7 Å². The molecule has 3 rings (SSSR count). The van der Waals surface area contributed by atoms with Crippen LogP contribution in [0.3, 0.4) is 0 Å². The third kappa shape index (κ3) is 5.02. The molecular weight excluding hydrogens is 380 g/mol. The number of likely N-dealkylation sites (N-methyl/N-ethyl adjacent to an activating group) is 1. The molecule has 2 aromatic carbocycles. The van der Waals surface area contributed by atoms with Gasteiger partial charge < -0.3 is 18.8 Å². The minimum atomic E-state index is -0.193. The van der Waals surface area contributed by atoms with E-state index in [2.05, 4.69) is 5.32 Å². The first kappa shape index (κ1) is 21.5. The van der Waals surface area contributed by atoms with Gasteiger partial charge in [-0.3, -0.25) is 10.1 Å². The van der Waals surface area contributed by atoms with Gasteiger partial charge in [-0.05, 0) is 47.9 Å². The Morgan fingerprint density at radius 1 is 1.07 bits per heavy atom. The minimum Gasteiger partial charge on any atom is -0.493 e. The summed E-state index contributed by atoms with van der Waals surface area (Å²) in [6, 6.07) is 17.3. The third-order valence-corrected chi connectivity index (χ3v) is 5.09. The number of nitrogens with one attached hydrogen (secondary N) is 1. The number of benzene rings is 2. The van der Waals surface area contributed by atoms with Gasteiger partial charge in [0.15, 0.2) is 11.5 Å². The van der Waals surface area contributed by atoms with E-state index >= 15 is 0 Å². The number of rotatable bonds is 9. The fourth-order valence-corrected chi connectivity index (χ4v) is 3.34. The molecule has 1 N–H and O–H groups in total. The standard InChI is InChI=1S/C24H28N2O4/c1-17-13-21(28-3)22(29-4)14-19(17)16-26(2)23(27)15-25-24(20-11-8-12-30-20)18-9-6-5-7-10-18/h5-14,24-25H,15-16H2,1-4H3/t24-/m1/s1. The predicted octanol–water partition coefficient (Wildman–Crippen LogP) is 3.94. The Morgan fingerprint density at radius 3 is 2.40 bits per heavy atom. The van der Waals surface area contributed by atoms with Crippen LogP contribution in [-0.4, -0.2) is 38.6 Å². The molecule has 0 saturated carbocycles. The monoisotopic (exact) mass is 408 g/mol. The molecule has 1 aromatic heterocycles. The molecule has 0 aliphatic carbocycles. The maximum atomic E-state index is 12.8. The highest BCUT2D eigenvalue weighted by Gasteiger charge is 2.19. The van der Waals surface area contributed by atoms with E-state index in [-0.39, 0.29) is 18.5 Å². The van der Waals surface area contributed by atoms with Crippen LogP contribution < -0.4 is 14.8 Å². The summed E-state index contributed by atoms with van der Waals surface area (Å²) in [6.07, 6.45) is 1.64.